The highest BCUT2D eigenvalue weighted by atomic mass is 16.5. The van der Waals surface area contributed by atoms with Gasteiger partial charge in [-0.1, -0.05) is 26.0 Å². The summed E-state index contributed by atoms with van der Waals surface area (Å²) in [6.07, 6.45) is 4.07. The number of piperidine rings is 2. The summed E-state index contributed by atoms with van der Waals surface area (Å²) in [6.45, 7) is 9.79. The van der Waals surface area contributed by atoms with Gasteiger partial charge in [-0.2, -0.15) is 0 Å². The van der Waals surface area contributed by atoms with E-state index < -0.39 is 24.2 Å². The summed E-state index contributed by atoms with van der Waals surface area (Å²) in [5, 5.41) is 23.4. The molecule has 0 aromatic heterocycles. The van der Waals surface area contributed by atoms with Gasteiger partial charge in [-0.05, 0) is 68.3 Å². The van der Waals surface area contributed by atoms with E-state index in [4.69, 9.17) is 9.47 Å². The second-order valence-electron chi connectivity index (χ2n) is 12.1. The molecule has 0 spiro atoms. The highest BCUT2D eigenvalue weighted by Gasteiger charge is 2.55. The van der Waals surface area contributed by atoms with Gasteiger partial charge in [0, 0.05) is 38.0 Å². The highest BCUT2D eigenvalue weighted by Crippen LogP contribution is 2.43. The molecule has 0 bridgehead atoms. The van der Waals surface area contributed by atoms with Crippen molar-refractivity contribution in [2.24, 2.45) is 29.6 Å². The summed E-state index contributed by atoms with van der Waals surface area (Å²) in [7, 11) is 1.61. The van der Waals surface area contributed by atoms with Crippen LogP contribution in [0.1, 0.15) is 45.1 Å². The third-order valence-corrected chi connectivity index (χ3v) is 9.19. The number of carbonyl (C=O) groups excluding carboxylic acids is 1. The second-order valence-corrected chi connectivity index (χ2v) is 12.1. The molecule has 2 saturated heterocycles. The molecule has 3 heterocycles. The van der Waals surface area contributed by atoms with Crippen LogP contribution in [0.5, 0.6) is 5.75 Å². The maximum absolute atomic E-state index is 14.0. The SMILES string of the molecule is COc1ccc(C2=COC3C(CN4CCCC(C)C4)C(O)C(CN4CCCC(C)C4)C(O)C3C2=O)cc1. The molecule has 3 fully saturated rings. The fraction of sp³-hybridized carbons (Fsp3) is 0.700. The summed E-state index contributed by atoms with van der Waals surface area (Å²) in [5.41, 5.74) is 1.24. The molecule has 1 aliphatic carbocycles. The molecule has 1 aromatic rings. The number of aliphatic hydroxyl groups is 2. The van der Waals surface area contributed by atoms with Crippen LogP contribution < -0.4 is 4.74 Å². The molecule has 7 nitrogen and oxygen atoms in total. The topological polar surface area (TPSA) is 82.5 Å². The summed E-state index contributed by atoms with van der Waals surface area (Å²) < 4.78 is 11.6. The van der Waals surface area contributed by atoms with Crippen LogP contribution in [-0.2, 0) is 9.53 Å². The van der Waals surface area contributed by atoms with Crippen molar-refractivity contribution in [2.75, 3.05) is 46.4 Å². The summed E-state index contributed by atoms with van der Waals surface area (Å²) in [4.78, 5) is 18.8. The largest absolute Gasteiger partial charge is 0.497 e. The lowest BCUT2D eigenvalue weighted by atomic mass is 9.65. The van der Waals surface area contributed by atoms with E-state index >= 15 is 0 Å². The Labute approximate surface area is 221 Å². The average molecular weight is 513 g/mol. The molecule has 2 N–H and O–H groups in total. The lowest BCUT2D eigenvalue weighted by molar-refractivity contribution is -0.173. The van der Waals surface area contributed by atoms with Crippen molar-refractivity contribution in [3.8, 4) is 5.75 Å². The number of allylic oxidation sites excluding steroid dienone is 1. The lowest BCUT2D eigenvalue weighted by Crippen LogP contribution is -2.63. The van der Waals surface area contributed by atoms with Crippen molar-refractivity contribution in [1.29, 1.82) is 0 Å². The minimum absolute atomic E-state index is 0.0881. The Balaban J connectivity index is 1.43. The minimum Gasteiger partial charge on any atom is -0.497 e. The average Bonchev–Trinajstić information content (AvgIpc) is 2.89. The van der Waals surface area contributed by atoms with E-state index in [0.717, 1.165) is 50.3 Å². The molecule has 204 valence electrons. The number of rotatable bonds is 6. The van der Waals surface area contributed by atoms with Crippen molar-refractivity contribution in [1.82, 2.24) is 9.80 Å². The van der Waals surface area contributed by atoms with Gasteiger partial charge >= 0.3 is 0 Å². The number of hydrogen-bond acceptors (Lipinski definition) is 7. The van der Waals surface area contributed by atoms with Crippen LogP contribution in [-0.4, -0.2) is 90.5 Å². The van der Waals surface area contributed by atoms with Gasteiger partial charge in [-0.3, -0.25) is 4.79 Å². The second kappa shape index (κ2) is 11.4. The third kappa shape index (κ3) is 5.60. The summed E-state index contributed by atoms with van der Waals surface area (Å²) in [6, 6.07) is 7.37. The van der Waals surface area contributed by atoms with Crippen molar-refractivity contribution in [3.05, 3.63) is 36.1 Å². The summed E-state index contributed by atoms with van der Waals surface area (Å²) in [5.74, 6) is 0.551. The Kier molecular flexibility index (Phi) is 8.25. The number of nitrogens with zero attached hydrogens (tertiary/aromatic N) is 2. The van der Waals surface area contributed by atoms with Crippen LogP contribution in [0.25, 0.3) is 5.57 Å². The van der Waals surface area contributed by atoms with Gasteiger partial charge in [0.05, 0.1) is 37.1 Å². The van der Waals surface area contributed by atoms with Gasteiger partial charge in [0.2, 0.25) is 0 Å². The molecule has 8 unspecified atom stereocenters. The lowest BCUT2D eigenvalue weighted by Gasteiger charge is -2.51. The van der Waals surface area contributed by atoms with Gasteiger partial charge in [0.15, 0.2) is 5.78 Å². The van der Waals surface area contributed by atoms with E-state index in [1.165, 1.54) is 12.8 Å². The number of hydrogen-bond donors (Lipinski definition) is 2. The molecular weight excluding hydrogens is 468 g/mol. The number of ketones is 1. The predicted octanol–water partition coefficient (Wildman–Crippen LogP) is 3.05. The zero-order valence-corrected chi connectivity index (χ0v) is 22.6. The first-order valence-corrected chi connectivity index (χ1v) is 14.2. The van der Waals surface area contributed by atoms with E-state index in [0.29, 0.717) is 30.5 Å². The van der Waals surface area contributed by atoms with Crippen LogP contribution in [0.2, 0.25) is 0 Å². The van der Waals surface area contributed by atoms with Crippen molar-refractivity contribution in [3.63, 3.8) is 0 Å². The van der Waals surface area contributed by atoms with E-state index in [1.54, 1.807) is 13.4 Å². The van der Waals surface area contributed by atoms with Crippen molar-refractivity contribution < 1.29 is 24.5 Å². The Morgan fingerprint density at radius 1 is 0.919 bits per heavy atom. The summed E-state index contributed by atoms with van der Waals surface area (Å²) >= 11 is 0. The Morgan fingerprint density at radius 2 is 1.51 bits per heavy atom. The van der Waals surface area contributed by atoms with Gasteiger partial charge in [-0.25, -0.2) is 0 Å². The number of likely N-dealkylation sites (tertiary alicyclic amines) is 2. The highest BCUT2D eigenvalue weighted by molar-refractivity contribution is 6.22. The van der Waals surface area contributed by atoms with E-state index in [-0.39, 0.29) is 17.6 Å². The molecule has 1 saturated carbocycles. The zero-order chi connectivity index (χ0) is 26.1. The predicted molar refractivity (Wildman–Crippen MR) is 143 cm³/mol. The molecular formula is C30H44N2O5. The number of aliphatic hydroxyl groups excluding tert-OH is 2. The molecule has 1 aromatic carbocycles. The van der Waals surface area contributed by atoms with E-state index in [2.05, 4.69) is 23.6 Å². The molecule has 5 rings (SSSR count). The molecule has 0 radical (unpaired) electrons. The number of methoxy groups -OCH3 is 1. The molecule has 0 amide bonds. The number of ether oxygens (including phenoxy) is 2. The minimum atomic E-state index is -0.955. The van der Waals surface area contributed by atoms with Gasteiger partial charge in [0.25, 0.3) is 0 Å². The molecule has 37 heavy (non-hydrogen) atoms. The van der Waals surface area contributed by atoms with Crippen molar-refractivity contribution >= 4 is 11.4 Å². The van der Waals surface area contributed by atoms with Crippen LogP contribution in [0, 0.1) is 29.6 Å². The van der Waals surface area contributed by atoms with Crippen molar-refractivity contribution in [2.45, 2.75) is 57.8 Å². The maximum Gasteiger partial charge on any atom is 0.175 e. The number of Topliss-reactive ketones (excluding diaryl/α,β-unsaturated/α-hetero) is 1. The molecule has 4 aliphatic rings. The zero-order valence-electron chi connectivity index (χ0n) is 22.6. The van der Waals surface area contributed by atoms with Crippen LogP contribution in [0.4, 0.5) is 0 Å². The number of fused-ring (bicyclic) bond motifs is 1. The Hall–Kier alpha value is -1.93. The first kappa shape index (κ1) is 26.7. The normalized spacial score (nSPS) is 37.4. The van der Waals surface area contributed by atoms with Crippen LogP contribution in [0.15, 0.2) is 30.5 Å². The van der Waals surface area contributed by atoms with Crippen LogP contribution in [0.3, 0.4) is 0 Å². The maximum atomic E-state index is 14.0. The van der Waals surface area contributed by atoms with Gasteiger partial charge < -0.3 is 29.5 Å². The Morgan fingerprint density at radius 3 is 2.08 bits per heavy atom. The fourth-order valence-corrected chi connectivity index (χ4v) is 7.23. The van der Waals surface area contributed by atoms with Gasteiger partial charge in [-0.15, -0.1) is 0 Å². The Bertz CT molecular complexity index is 965. The van der Waals surface area contributed by atoms with Gasteiger partial charge in [0.1, 0.15) is 11.9 Å². The third-order valence-electron chi connectivity index (χ3n) is 9.19. The van der Waals surface area contributed by atoms with E-state index in [9.17, 15) is 15.0 Å². The number of carbonyl (C=O) groups is 1. The number of benzene rings is 1. The quantitative estimate of drug-likeness (QED) is 0.606. The molecule has 3 aliphatic heterocycles. The van der Waals surface area contributed by atoms with E-state index in [1.807, 2.05) is 24.3 Å². The van der Waals surface area contributed by atoms with Crippen LogP contribution >= 0.6 is 0 Å². The monoisotopic (exact) mass is 512 g/mol. The fourth-order valence-electron chi connectivity index (χ4n) is 7.23. The molecule has 7 heteroatoms. The molecule has 8 atom stereocenters. The standard InChI is InChI=1S/C30H44N2O5/c1-19-6-4-12-31(14-19)16-23-27(33)24(17-32-13-5-7-20(2)15-32)30-26(28(23)34)29(35)25(18-37-30)21-8-10-22(36-3)11-9-21/h8-11,18-20,23-24,26-28,30,33-34H,4-7,12-17H2,1-3H3. The smallest absolute Gasteiger partial charge is 0.175 e. The first-order chi connectivity index (χ1) is 17.9. The first-order valence-electron chi connectivity index (χ1n) is 14.2.